The van der Waals surface area contributed by atoms with Gasteiger partial charge < -0.3 is 9.32 Å². The van der Waals surface area contributed by atoms with Crippen LogP contribution in [0.2, 0.25) is 5.02 Å². The van der Waals surface area contributed by atoms with Crippen LogP contribution in [0.1, 0.15) is 24.4 Å². The molecule has 2 heterocycles. The average Bonchev–Trinajstić information content (AvgIpc) is 3.09. The van der Waals surface area contributed by atoms with E-state index in [1.165, 1.54) is 5.57 Å². The zero-order chi connectivity index (χ0) is 15.8. The number of nitrogens with zero attached hydrogens (tertiary/aromatic N) is 2. The second-order valence-electron chi connectivity index (χ2n) is 5.57. The van der Waals surface area contributed by atoms with Crippen molar-refractivity contribution >= 4 is 29.1 Å². The summed E-state index contributed by atoms with van der Waals surface area (Å²) < 4.78 is 5.61. The van der Waals surface area contributed by atoms with Crippen LogP contribution in [-0.2, 0) is 0 Å². The van der Waals surface area contributed by atoms with E-state index in [0.29, 0.717) is 10.9 Å². The quantitative estimate of drug-likeness (QED) is 0.612. The molecule has 0 bridgehead atoms. The van der Waals surface area contributed by atoms with Crippen LogP contribution >= 0.6 is 11.6 Å². The average molecular weight is 323 g/mol. The predicted octanol–water partition coefficient (Wildman–Crippen LogP) is 5.62. The molecular weight excluding hydrogens is 308 g/mol. The van der Waals surface area contributed by atoms with Gasteiger partial charge in [0.15, 0.2) is 0 Å². The second kappa shape index (κ2) is 5.60. The van der Waals surface area contributed by atoms with Gasteiger partial charge in [-0.3, -0.25) is 0 Å². The van der Waals surface area contributed by atoms with E-state index in [1.807, 2.05) is 36.4 Å². The van der Waals surface area contributed by atoms with E-state index in [9.17, 15) is 0 Å². The second-order valence-corrected chi connectivity index (χ2v) is 6.01. The minimum Gasteiger partial charge on any atom is -0.446 e. The molecule has 3 aromatic rings. The first-order valence-corrected chi connectivity index (χ1v) is 7.83. The van der Waals surface area contributed by atoms with Gasteiger partial charge in [-0.05, 0) is 42.3 Å². The lowest BCUT2D eigenvalue weighted by Crippen LogP contribution is -2.28. The lowest BCUT2D eigenvalue weighted by Gasteiger charge is -2.37. The van der Waals surface area contributed by atoms with E-state index in [4.69, 9.17) is 16.0 Å². The third-order valence-corrected chi connectivity index (χ3v) is 4.28. The van der Waals surface area contributed by atoms with Crippen LogP contribution in [0.4, 0.5) is 11.4 Å². The molecule has 0 fully saturated rings. The molecule has 0 N–H and O–H groups in total. The van der Waals surface area contributed by atoms with E-state index in [2.05, 4.69) is 35.0 Å². The van der Waals surface area contributed by atoms with Crippen LogP contribution in [0.5, 0.6) is 0 Å². The van der Waals surface area contributed by atoms with Gasteiger partial charge in [0.05, 0.1) is 11.9 Å². The number of rotatable bonds is 2. The molecule has 1 aliphatic rings. The number of aromatic nitrogens is 1. The van der Waals surface area contributed by atoms with Crippen LogP contribution in [0.25, 0.3) is 6.08 Å². The fourth-order valence-electron chi connectivity index (χ4n) is 3.07. The molecule has 0 radical (unpaired) electrons. The molecule has 0 saturated carbocycles. The Hall–Kier alpha value is -2.52. The number of halogens is 1. The van der Waals surface area contributed by atoms with Crippen molar-refractivity contribution in [2.24, 2.45) is 0 Å². The zero-order valence-electron chi connectivity index (χ0n) is 12.6. The van der Waals surface area contributed by atoms with Crippen molar-refractivity contribution in [1.29, 1.82) is 0 Å². The molecule has 23 heavy (non-hydrogen) atoms. The molecule has 1 aromatic heterocycles. The van der Waals surface area contributed by atoms with Crippen molar-refractivity contribution in [2.75, 3.05) is 4.90 Å². The van der Waals surface area contributed by atoms with Gasteiger partial charge in [0.25, 0.3) is 0 Å². The summed E-state index contributed by atoms with van der Waals surface area (Å²) in [5.41, 5.74) is 4.44. The van der Waals surface area contributed by atoms with Gasteiger partial charge in [0, 0.05) is 10.7 Å². The van der Waals surface area contributed by atoms with Crippen LogP contribution in [0.3, 0.4) is 0 Å². The lowest BCUT2D eigenvalue weighted by molar-refractivity contribution is 0.468. The van der Waals surface area contributed by atoms with Gasteiger partial charge >= 0.3 is 0 Å². The van der Waals surface area contributed by atoms with E-state index in [-0.39, 0.29) is 6.04 Å². The van der Waals surface area contributed by atoms with Gasteiger partial charge in [-0.15, -0.1) is 0 Å². The van der Waals surface area contributed by atoms with Crippen molar-refractivity contribution in [3.05, 3.63) is 83.0 Å². The molecule has 0 aliphatic carbocycles. The summed E-state index contributed by atoms with van der Waals surface area (Å²) in [6, 6.07) is 16.1. The Morgan fingerprint density at radius 1 is 1.13 bits per heavy atom. The molecule has 0 amide bonds. The van der Waals surface area contributed by atoms with Crippen molar-refractivity contribution in [1.82, 2.24) is 4.98 Å². The fourth-order valence-corrected chi connectivity index (χ4v) is 3.23. The van der Waals surface area contributed by atoms with E-state index in [0.717, 1.165) is 16.9 Å². The molecule has 4 rings (SSSR count). The van der Waals surface area contributed by atoms with E-state index in [1.54, 1.807) is 12.5 Å². The molecule has 3 nitrogen and oxygen atoms in total. The van der Waals surface area contributed by atoms with E-state index < -0.39 is 0 Å². The summed E-state index contributed by atoms with van der Waals surface area (Å²) in [6.07, 6.45) is 5.46. The first-order valence-electron chi connectivity index (χ1n) is 7.45. The van der Waals surface area contributed by atoms with E-state index >= 15 is 0 Å². The number of para-hydroxylation sites is 1. The predicted molar refractivity (Wildman–Crippen MR) is 92.9 cm³/mol. The Morgan fingerprint density at radius 3 is 2.70 bits per heavy atom. The standard InChI is InChI=1S/C19H15ClN2O/c1-13-11-14-7-8-15(20)12-17(14)22(16-5-3-2-4-6-16)18(13)19-21-9-10-23-19/h2-12,18H,1H3. The summed E-state index contributed by atoms with van der Waals surface area (Å²) in [7, 11) is 0. The number of fused-ring (bicyclic) bond motifs is 1. The molecule has 0 spiro atoms. The number of oxazole rings is 1. The summed E-state index contributed by atoms with van der Waals surface area (Å²) in [5, 5.41) is 0.712. The maximum Gasteiger partial charge on any atom is 0.221 e. The first-order chi connectivity index (χ1) is 11.2. The SMILES string of the molecule is CC1=Cc2ccc(Cl)cc2N(c2ccccc2)C1c1ncco1. The van der Waals surface area contributed by atoms with Gasteiger partial charge in [-0.2, -0.15) is 0 Å². The van der Waals surface area contributed by atoms with Crippen LogP contribution in [0.15, 0.2) is 71.0 Å². The van der Waals surface area contributed by atoms with Gasteiger partial charge in [0.2, 0.25) is 5.89 Å². The Labute approximate surface area is 139 Å². The van der Waals surface area contributed by atoms with Crippen molar-refractivity contribution < 1.29 is 4.42 Å². The lowest BCUT2D eigenvalue weighted by atomic mass is 9.95. The molecule has 1 unspecified atom stereocenters. The highest BCUT2D eigenvalue weighted by atomic mass is 35.5. The normalized spacial score (nSPS) is 16.9. The third kappa shape index (κ3) is 2.43. The maximum atomic E-state index is 6.25. The van der Waals surface area contributed by atoms with Gasteiger partial charge in [0.1, 0.15) is 12.3 Å². The monoisotopic (exact) mass is 322 g/mol. The van der Waals surface area contributed by atoms with Gasteiger partial charge in [-0.1, -0.05) is 41.9 Å². The summed E-state index contributed by atoms with van der Waals surface area (Å²) in [5.74, 6) is 0.674. The largest absolute Gasteiger partial charge is 0.446 e. The summed E-state index contributed by atoms with van der Waals surface area (Å²) in [6.45, 7) is 2.10. The van der Waals surface area contributed by atoms with Gasteiger partial charge in [-0.25, -0.2) is 4.98 Å². The van der Waals surface area contributed by atoms with Crippen LogP contribution in [-0.4, -0.2) is 4.98 Å². The molecule has 2 aromatic carbocycles. The Bertz CT molecular complexity index is 856. The highest BCUT2D eigenvalue weighted by molar-refractivity contribution is 6.31. The van der Waals surface area contributed by atoms with Crippen molar-refractivity contribution in [2.45, 2.75) is 13.0 Å². The van der Waals surface area contributed by atoms with Crippen molar-refractivity contribution in [3.63, 3.8) is 0 Å². The molecule has 0 saturated heterocycles. The molecular formula is C19H15ClN2O. The maximum absolute atomic E-state index is 6.25. The topological polar surface area (TPSA) is 29.3 Å². The Morgan fingerprint density at radius 2 is 1.96 bits per heavy atom. The Kier molecular flexibility index (Phi) is 3.43. The first kappa shape index (κ1) is 14.1. The van der Waals surface area contributed by atoms with Crippen molar-refractivity contribution in [3.8, 4) is 0 Å². The number of hydrogen-bond donors (Lipinski definition) is 0. The molecule has 4 heteroatoms. The van der Waals surface area contributed by atoms with Crippen LogP contribution < -0.4 is 4.90 Å². The summed E-state index contributed by atoms with van der Waals surface area (Å²) >= 11 is 6.25. The highest BCUT2D eigenvalue weighted by Crippen LogP contribution is 2.45. The minimum absolute atomic E-state index is 0.0848. The smallest absolute Gasteiger partial charge is 0.221 e. The molecule has 114 valence electrons. The highest BCUT2D eigenvalue weighted by Gasteiger charge is 2.32. The number of hydrogen-bond acceptors (Lipinski definition) is 3. The third-order valence-electron chi connectivity index (χ3n) is 4.04. The van der Waals surface area contributed by atoms with Crippen LogP contribution in [0, 0.1) is 0 Å². The summed E-state index contributed by atoms with van der Waals surface area (Å²) in [4.78, 5) is 6.60. The number of benzene rings is 2. The molecule has 1 atom stereocenters. The fraction of sp³-hybridized carbons (Fsp3) is 0.105. The molecule has 1 aliphatic heterocycles. The minimum atomic E-state index is -0.0848. The number of anilines is 2. The zero-order valence-corrected chi connectivity index (χ0v) is 13.4. The Balaban J connectivity index is 1.96.